The van der Waals surface area contributed by atoms with E-state index in [-0.39, 0.29) is 36.8 Å². The number of rotatable bonds is 3. The number of hydrogen-bond donors (Lipinski definition) is 2. The summed E-state index contributed by atoms with van der Waals surface area (Å²) in [6, 6.07) is 0.167. The predicted molar refractivity (Wildman–Crippen MR) is 88.9 cm³/mol. The van der Waals surface area contributed by atoms with Crippen LogP contribution in [0.4, 0.5) is 0 Å². The second-order valence-electron chi connectivity index (χ2n) is 5.58. The topological polar surface area (TPSA) is 70.2 Å². The average molecular weight is 351 g/mol. The molecule has 2 saturated heterocycles. The quantitative estimate of drug-likeness (QED) is 0.862. The third kappa shape index (κ3) is 4.84. The molecule has 0 bridgehead atoms. The highest BCUT2D eigenvalue weighted by atomic mass is 35.5. The molecule has 0 spiro atoms. The van der Waals surface area contributed by atoms with Gasteiger partial charge in [0.25, 0.3) is 0 Å². The molecular weight excluding hydrogens is 327 g/mol. The third-order valence-corrected chi connectivity index (χ3v) is 4.10. The average Bonchev–Trinajstić information content (AvgIpc) is 3.03. The summed E-state index contributed by atoms with van der Waals surface area (Å²) in [5.74, 6) is 1.57. The van der Waals surface area contributed by atoms with E-state index in [2.05, 4.69) is 15.3 Å². The number of likely N-dealkylation sites (tertiary alicyclic amines) is 1. The molecule has 2 unspecified atom stereocenters. The van der Waals surface area contributed by atoms with E-state index in [4.69, 9.17) is 4.74 Å². The number of ether oxygens (including phenoxy) is 1. The maximum Gasteiger partial charge on any atom is 0.224 e. The molecule has 1 amide bonds. The molecule has 1 aromatic heterocycles. The molecule has 8 heteroatoms. The minimum Gasteiger partial charge on any atom is -0.378 e. The molecular formula is C14H24Cl2N4O2. The van der Waals surface area contributed by atoms with Crippen molar-refractivity contribution in [2.45, 2.75) is 31.2 Å². The van der Waals surface area contributed by atoms with Gasteiger partial charge in [-0.15, -0.1) is 24.8 Å². The lowest BCUT2D eigenvalue weighted by atomic mass is 9.97. The van der Waals surface area contributed by atoms with E-state index >= 15 is 0 Å². The largest absolute Gasteiger partial charge is 0.378 e. The molecule has 1 aromatic rings. The molecule has 6 nitrogen and oxygen atoms in total. The minimum atomic E-state index is 0. The van der Waals surface area contributed by atoms with Crippen molar-refractivity contribution in [1.82, 2.24) is 20.2 Å². The Kier molecular flexibility index (Phi) is 8.17. The van der Waals surface area contributed by atoms with Gasteiger partial charge < -0.3 is 19.9 Å². The van der Waals surface area contributed by atoms with Gasteiger partial charge in [-0.2, -0.15) is 0 Å². The number of amides is 1. The Morgan fingerprint density at radius 3 is 3.00 bits per heavy atom. The summed E-state index contributed by atoms with van der Waals surface area (Å²) >= 11 is 0. The Balaban J connectivity index is 0.00000121. The number of aromatic nitrogens is 2. The zero-order valence-corrected chi connectivity index (χ0v) is 14.1. The van der Waals surface area contributed by atoms with E-state index in [0.29, 0.717) is 18.9 Å². The smallest absolute Gasteiger partial charge is 0.224 e. The van der Waals surface area contributed by atoms with E-state index < -0.39 is 0 Å². The zero-order chi connectivity index (χ0) is 13.8. The van der Waals surface area contributed by atoms with Gasteiger partial charge >= 0.3 is 0 Å². The fourth-order valence-corrected chi connectivity index (χ4v) is 3.02. The van der Waals surface area contributed by atoms with Crippen molar-refractivity contribution in [3.05, 3.63) is 18.2 Å². The van der Waals surface area contributed by atoms with Gasteiger partial charge in [-0.25, -0.2) is 4.98 Å². The predicted octanol–water partition coefficient (Wildman–Crippen LogP) is 1.34. The van der Waals surface area contributed by atoms with Crippen molar-refractivity contribution in [2.24, 2.45) is 0 Å². The standard InChI is InChI=1S/C14H22N4O2.2ClH/c19-13(8-12-10-20-7-5-15-12)18-6-1-2-11(9-18)14-16-3-4-17-14;;/h3-4,11-12,15H,1-2,5-10H2,(H,16,17);2*1H. The van der Waals surface area contributed by atoms with E-state index in [1.807, 2.05) is 11.1 Å². The number of piperidine rings is 1. The molecule has 3 heterocycles. The molecule has 0 aliphatic carbocycles. The summed E-state index contributed by atoms with van der Waals surface area (Å²) in [7, 11) is 0. The molecule has 0 aromatic carbocycles. The van der Waals surface area contributed by atoms with Crippen LogP contribution >= 0.6 is 24.8 Å². The highest BCUT2D eigenvalue weighted by molar-refractivity contribution is 5.85. The Morgan fingerprint density at radius 2 is 2.32 bits per heavy atom. The number of H-pyrrole nitrogens is 1. The number of imidazole rings is 1. The maximum atomic E-state index is 12.4. The SMILES string of the molecule is Cl.Cl.O=C(CC1COCCN1)N1CCCC(c2ncc[nH]2)C1. The number of nitrogens with one attached hydrogen (secondary N) is 2. The van der Waals surface area contributed by atoms with Crippen LogP contribution in [0.5, 0.6) is 0 Å². The van der Waals surface area contributed by atoms with Crippen LogP contribution in [0.25, 0.3) is 0 Å². The van der Waals surface area contributed by atoms with E-state index in [9.17, 15) is 4.79 Å². The van der Waals surface area contributed by atoms with Crippen LogP contribution in [0.2, 0.25) is 0 Å². The summed E-state index contributed by atoms with van der Waals surface area (Å²) < 4.78 is 5.40. The molecule has 126 valence electrons. The van der Waals surface area contributed by atoms with Gasteiger partial charge in [0.15, 0.2) is 0 Å². The fourth-order valence-electron chi connectivity index (χ4n) is 3.02. The minimum absolute atomic E-state index is 0. The van der Waals surface area contributed by atoms with Crippen molar-refractivity contribution >= 4 is 30.7 Å². The third-order valence-electron chi connectivity index (χ3n) is 4.10. The van der Waals surface area contributed by atoms with Gasteiger partial charge in [-0.05, 0) is 12.8 Å². The highest BCUT2D eigenvalue weighted by Crippen LogP contribution is 2.24. The van der Waals surface area contributed by atoms with Crippen molar-refractivity contribution in [3.8, 4) is 0 Å². The molecule has 2 fully saturated rings. The summed E-state index contributed by atoms with van der Waals surface area (Å²) in [6.07, 6.45) is 6.30. The van der Waals surface area contributed by atoms with Crippen LogP contribution in [-0.4, -0.2) is 59.7 Å². The van der Waals surface area contributed by atoms with Gasteiger partial charge in [0.1, 0.15) is 5.82 Å². The Hall–Kier alpha value is -0.820. The van der Waals surface area contributed by atoms with Crippen molar-refractivity contribution in [3.63, 3.8) is 0 Å². The van der Waals surface area contributed by atoms with Gasteiger partial charge in [0.2, 0.25) is 5.91 Å². The van der Waals surface area contributed by atoms with Gasteiger partial charge in [0.05, 0.1) is 13.2 Å². The fraction of sp³-hybridized carbons (Fsp3) is 0.714. The zero-order valence-electron chi connectivity index (χ0n) is 12.5. The lowest BCUT2D eigenvalue weighted by molar-refractivity contribution is -0.133. The van der Waals surface area contributed by atoms with Crippen LogP contribution in [0.15, 0.2) is 12.4 Å². The van der Waals surface area contributed by atoms with Crippen LogP contribution in [0.1, 0.15) is 31.0 Å². The molecule has 2 N–H and O–H groups in total. The van der Waals surface area contributed by atoms with Crippen LogP contribution < -0.4 is 5.32 Å². The van der Waals surface area contributed by atoms with Gasteiger partial charge in [-0.1, -0.05) is 0 Å². The number of halogens is 2. The molecule has 0 radical (unpaired) electrons. The summed E-state index contributed by atoms with van der Waals surface area (Å²) in [6.45, 7) is 3.87. The first-order valence-corrected chi connectivity index (χ1v) is 7.41. The number of carbonyl (C=O) groups is 1. The Bertz CT molecular complexity index is 438. The molecule has 2 aliphatic heterocycles. The number of aromatic amines is 1. The number of nitrogens with zero attached hydrogens (tertiary/aromatic N) is 2. The van der Waals surface area contributed by atoms with Gasteiger partial charge in [0, 0.05) is 50.4 Å². The number of morpholine rings is 1. The summed E-state index contributed by atoms with van der Waals surface area (Å²) in [4.78, 5) is 21.9. The van der Waals surface area contributed by atoms with Crippen LogP contribution in [0.3, 0.4) is 0 Å². The van der Waals surface area contributed by atoms with Crippen LogP contribution in [-0.2, 0) is 9.53 Å². The van der Waals surface area contributed by atoms with E-state index in [0.717, 1.165) is 44.9 Å². The Labute approximate surface area is 143 Å². The molecule has 2 atom stereocenters. The summed E-state index contributed by atoms with van der Waals surface area (Å²) in [5, 5.41) is 3.34. The van der Waals surface area contributed by atoms with E-state index in [1.165, 1.54) is 0 Å². The van der Waals surface area contributed by atoms with Crippen molar-refractivity contribution in [2.75, 3.05) is 32.8 Å². The summed E-state index contributed by atoms with van der Waals surface area (Å²) in [5.41, 5.74) is 0. The molecule has 0 saturated carbocycles. The number of hydrogen-bond acceptors (Lipinski definition) is 4. The van der Waals surface area contributed by atoms with E-state index in [1.54, 1.807) is 6.20 Å². The second kappa shape index (κ2) is 9.35. The monoisotopic (exact) mass is 350 g/mol. The lowest BCUT2D eigenvalue weighted by Gasteiger charge is -2.33. The molecule has 22 heavy (non-hydrogen) atoms. The lowest BCUT2D eigenvalue weighted by Crippen LogP contribution is -2.46. The first-order valence-electron chi connectivity index (χ1n) is 7.41. The number of carbonyl (C=O) groups excluding carboxylic acids is 1. The first-order chi connectivity index (χ1) is 9.83. The Morgan fingerprint density at radius 1 is 1.45 bits per heavy atom. The van der Waals surface area contributed by atoms with Crippen LogP contribution in [0, 0.1) is 0 Å². The maximum absolute atomic E-state index is 12.4. The van der Waals surface area contributed by atoms with Crippen molar-refractivity contribution in [1.29, 1.82) is 0 Å². The highest BCUT2D eigenvalue weighted by Gasteiger charge is 2.27. The van der Waals surface area contributed by atoms with Gasteiger partial charge in [-0.3, -0.25) is 4.79 Å². The second-order valence-corrected chi connectivity index (χ2v) is 5.58. The normalized spacial score (nSPS) is 25.0. The molecule has 2 aliphatic rings. The first kappa shape index (κ1) is 19.2. The molecule has 3 rings (SSSR count). The van der Waals surface area contributed by atoms with Crippen molar-refractivity contribution < 1.29 is 9.53 Å².